The fraction of sp³-hybridized carbons (Fsp3) is 0.688. The van der Waals surface area contributed by atoms with Crippen LogP contribution in [0.3, 0.4) is 0 Å². The molecule has 0 aromatic carbocycles. The lowest BCUT2D eigenvalue weighted by molar-refractivity contribution is 0.0661. The highest BCUT2D eigenvalue weighted by molar-refractivity contribution is 5.10. The molecule has 2 unspecified atom stereocenters. The summed E-state index contributed by atoms with van der Waals surface area (Å²) >= 11 is 0. The van der Waals surface area contributed by atoms with Gasteiger partial charge in [-0.05, 0) is 43.7 Å². The Bertz CT molecular complexity index is 415. The summed E-state index contributed by atoms with van der Waals surface area (Å²) in [7, 11) is 0. The van der Waals surface area contributed by atoms with Gasteiger partial charge in [0.05, 0.1) is 0 Å². The van der Waals surface area contributed by atoms with Gasteiger partial charge in [-0.15, -0.1) is 0 Å². The van der Waals surface area contributed by atoms with Gasteiger partial charge in [0.2, 0.25) is 0 Å². The van der Waals surface area contributed by atoms with E-state index in [2.05, 4.69) is 35.1 Å². The molecule has 2 heterocycles. The second-order valence-corrected chi connectivity index (χ2v) is 6.47. The zero-order valence-electron chi connectivity index (χ0n) is 12.1. The van der Waals surface area contributed by atoms with Crippen molar-refractivity contribution in [3.05, 3.63) is 30.1 Å². The van der Waals surface area contributed by atoms with Gasteiger partial charge in [-0.25, -0.2) is 0 Å². The van der Waals surface area contributed by atoms with Crippen molar-refractivity contribution < 1.29 is 0 Å². The molecule has 1 saturated carbocycles. The maximum Gasteiger partial charge on any atom is 0.0312 e. The van der Waals surface area contributed by atoms with E-state index in [0.29, 0.717) is 0 Å². The Morgan fingerprint density at radius 3 is 2.95 bits per heavy atom. The summed E-state index contributed by atoms with van der Waals surface area (Å²) in [5.74, 6) is 0.922. The molecular weight excluding hydrogens is 234 g/mol. The Balaban J connectivity index is 1.73. The molecule has 104 valence electrons. The Hall–Kier alpha value is -0.930. The van der Waals surface area contributed by atoms with Crippen LogP contribution in [0.4, 0.5) is 0 Å². The first-order valence-corrected chi connectivity index (χ1v) is 7.58. The number of nitrogens with one attached hydrogen (secondary N) is 1. The van der Waals surface area contributed by atoms with Crippen LogP contribution >= 0.6 is 0 Å². The lowest BCUT2D eigenvalue weighted by Crippen LogP contribution is -2.62. The van der Waals surface area contributed by atoms with Crippen LogP contribution in [-0.4, -0.2) is 34.6 Å². The third kappa shape index (κ3) is 2.98. The predicted octanol–water partition coefficient (Wildman–Crippen LogP) is 2.43. The van der Waals surface area contributed by atoms with Crippen LogP contribution in [0.2, 0.25) is 0 Å². The van der Waals surface area contributed by atoms with Crippen molar-refractivity contribution in [2.24, 2.45) is 5.92 Å². The lowest BCUT2D eigenvalue weighted by Gasteiger charge is -2.46. The molecule has 3 rings (SSSR count). The molecule has 1 saturated heterocycles. The smallest absolute Gasteiger partial charge is 0.0312 e. The minimum atomic E-state index is 0.271. The van der Waals surface area contributed by atoms with Crippen LogP contribution in [0.5, 0.6) is 0 Å². The molecule has 0 spiro atoms. The molecule has 3 nitrogen and oxygen atoms in total. The van der Waals surface area contributed by atoms with Gasteiger partial charge in [-0.2, -0.15) is 0 Å². The number of aromatic nitrogens is 1. The fourth-order valence-electron chi connectivity index (χ4n) is 3.18. The first-order chi connectivity index (χ1) is 9.20. The minimum absolute atomic E-state index is 0.271. The SMILES string of the molecule is CCC1(C)CN(Cc2cccnc2)C(C2CC2)CN1. The second-order valence-electron chi connectivity index (χ2n) is 6.47. The molecule has 1 aromatic heterocycles. The summed E-state index contributed by atoms with van der Waals surface area (Å²) in [6.45, 7) is 7.99. The molecule has 1 aromatic rings. The van der Waals surface area contributed by atoms with Crippen molar-refractivity contribution >= 4 is 0 Å². The maximum atomic E-state index is 4.25. The van der Waals surface area contributed by atoms with E-state index >= 15 is 0 Å². The monoisotopic (exact) mass is 259 g/mol. The van der Waals surface area contributed by atoms with Crippen molar-refractivity contribution in [2.75, 3.05) is 13.1 Å². The summed E-state index contributed by atoms with van der Waals surface area (Å²) in [4.78, 5) is 6.94. The van der Waals surface area contributed by atoms with Crippen molar-refractivity contribution in [3.8, 4) is 0 Å². The topological polar surface area (TPSA) is 28.2 Å². The molecule has 1 aliphatic carbocycles. The highest BCUT2D eigenvalue weighted by Crippen LogP contribution is 2.38. The van der Waals surface area contributed by atoms with E-state index in [1.165, 1.54) is 24.8 Å². The van der Waals surface area contributed by atoms with Gasteiger partial charge in [-0.1, -0.05) is 13.0 Å². The molecular formula is C16H25N3. The quantitative estimate of drug-likeness (QED) is 0.900. The number of hydrogen-bond acceptors (Lipinski definition) is 3. The minimum Gasteiger partial charge on any atom is -0.309 e. The number of nitrogens with zero attached hydrogens (tertiary/aromatic N) is 2. The van der Waals surface area contributed by atoms with E-state index in [1.54, 1.807) is 0 Å². The molecule has 2 fully saturated rings. The average molecular weight is 259 g/mol. The summed E-state index contributed by atoms with van der Waals surface area (Å²) < 4.78 is 0. The van der Waals surface area contributed by atoms with Crippen LogP contribution in [0.25, 0.3) is 0 Å². The zero-order valence-corrected chi connectivity index (χ0v) is 12.1. The van der Waals surface area contributed by atoms with Crippen molar-refractivity contribution in [3.63, 3.8) is 0 Å². The molecule has 0 amide bonds. The van der Waals surface area contributed by atoms with Crippen molar-refractivity contribution in [1.29, 1.82) is 0 Å². The maximum absolute atomic E-state index is 4.25. The van der Waals surface area contributed by atoms with Crippen molar-refractivity contribution in [2.45, 2.75) is 51.2 Å². The normalized spacial score (nSPS) is 32.4. The van der Waals surface area contributed by atoms with E-state index in [0.717, 1.165) is 31.6 Å². The van der Waals surface area contributed by atoms with Gasteiger partial charge < -0.3 is 5.32 Å². The molecule has 1 aliphatic heterocycles. The first-order valence-electron chi connectivity index (χ1n) is 7.58. The Morgan fingerprint density at radius 2 is 2.32 bits per heavy atom. The number of pyridine rings is 1. The van der Waals surface area contributed by atoms with Gasteiger partial charge in [0.1, 0.15) is 0 Å². The Morgan fingerprint density at radius 1 is 1.47 bits per heavy atom. The largest absolute Gasteiger partial charge is 0.309 e. The fourth-order valence-corrected chi connectivity index (χ4v) is 3.18. The van der Waals surface area contributed by atoms with Crippen molar-refractivity contribution in [1.82, 2.24) is 15.2 Å². The van der Waals surface area contributed by atoms with E-state index in [-0.39, 0.29) is 5.54 Å². The number of piperazine rings is 1. The molecule has 3 heteroatoms. The molecule has 2 atom stereocenters. The van der Waals surface area contributed by atoms with Gasteiger partial charge in [0, 0.05) is 43.6 Å². The predicted molar refractivity (Wildman–Crippen MR) is 77.9 cm³/mol. The summed E-state index contributed by atoms with van der Waals surface area (Å²) in [6.07, 6.45) is 7.89. The van der Waals surface area contributed by atoms with E-state index in [9.17, 15) is 0 Å². The third-order valence-electron chi connectivity index (χ3n) is 4.81. The van der Waals surface area contributed by atoms with Gasteiger partial charge >= 0.3 is 0 Å². The highest BCUT2D eigenvalue weighted by Gasteiger charge is 2.41. The molecule has 2 aliphatic rings. The van der Waals surface area contributed by atoms with Crippen LogP contribution in [0.15, 0.2) is 24.5 Å². The van der Waals surface area contributed by atoms with Crippen LogP contribution in [0.1, 0.15) is 38.7 Å². The van der Waals surface area contributed by atoms with Crippen LogP contribution < -0.4 is 5.32 Å². The summed E-state index contributed by atoms with van der Waals surface area (Å²) in [5.41, 5.74) is 1.61. The molecule has 1 N–H and O–H groups in total. The van der Waals surface area contributed by atoms with E-state index in [4.69, 9.17) is 0 Å². The highest BCUT2D eigenvalue weighted by atomic mass is 15.3. The van der Waals surface area contributed by atoms with Gasteiger partial charge in [0.15, 0.2) is 0 Å². The standard InChI is InChI=1S/C16H25N3/c1-3-16(2)12-19(11-13-5-4-8-17-9-13)15(10-18-16)14-6-7-14/h4-5,8-9,14-15,18H,3,6-7,10-12H2,1-2H3. The third-order valence-corrected chi connectivity index (χ3v) is 4.81. The lowest BCUT2D eigenvalue weighted by atomic mass is 9.92. The Kier molecular flexibility index (Phi) is 3.59. The van der Waals surface area contributed by atoms with Crippen LogP contribution in [0, 0.1) is 5.92 Å². The first kappa shape index (κ1) is 13.1. The van der Waals surface area contributed by atoms with E-state index < -0.39 is 0 Å². The van der Waals surface area contributed by atoms with Crippen LogP contribution in [-0.2, 0) is 6.54 Å². The molecule has 0 radical (unpaired) electrons. The number of hydrogen-bond donors (Lipinski definition) is 1. The molecule has 0 bridgehead atoms. The van der Waals surface area contributed by atoms with E-state index in [1.807, 2.05) is 18.5 Å². The second kappa shape index (κ2) is 5.22. The summed E-state index contributed by atoms with van der Waals surface area (Å²) in [6, 6.07) is 4.96. The molecule has 19 heavy (non-hydrogen) atoms. The summed E-state index contributed by atoms with van der Waals surface area (Å²) in [5, 5.41) is 3.78. The van der Waals surface area contributed by atoms with Gasteiger partial charge in [-0.3, -0.25) is 9.88 Å². The number of rotatable bonds is 4. The average Bonchev–Trinajstić information content (AvgIpc) is 3.25. The van der Waals surface area contributed by atoms with Gasteiger partial charge in [0.25, 0.3) is 0 Å². The zero-order chi connectivity index (χ0) is 13.3. The Labute approximate surface area is 116 Å².